The zero-order chi connectivity index (χ0) is 87.1. The number of hydrogen-bond acceptors (Lipinski definition) is 30. The van der Waals surface area contributed by atoms with E-state index in [4.69, 9.17) is 40.9 Å². The van der Waals surface area contributed by atoms with Crippen molar-refractivity contribution in [2.75, 3.05) is 105 Å². The van der Waals surface area contributed by atoms with E-state index in [1.165, 1.54) is 26.2 Å². The number of hydrogen-bond donors (Lipinski definition) is 4. The first-order chi connectivity index (χ1) is 58.6. The fourth-order valence-electron chi connectivity index (χ4n) is 16.0. The molecule has 124 heavy (non-hydrogen) atoms. The molecule has 34 nitrogen and oxygen atoms in total. The van der Waals surface area contributed by atoms with Gasteiger partial charge in [-0.1, -0.05) is 14.4 Å². The number of nitrogen functional groups attached to an aromatic ring is 2. The summed E-state index contributed by atoms with van der Waals surface area (Å²) in [7, 11) is 3.84. The number of halogens is 7. The maximum atomic E-state index is 13.8. The number of pyridine rings is 3. The Hall–Kier alpha value is -12.3. The van der Waals surface area contributed by atoms with Gasteiger partial charge in [-0.15, -0.1) is 0 Å². The fraction of sp³-hybridized carbons (Fsp3) is 0.566. The van der Waals surface area contributed by atoms with Gasteiger partial charge in [-0.25, -0.2) is 37.5 Å². The van der Waals surface area contributed by atoms with E-state index >= 15 is 0 Å². The second-order valence-electron chi connectivity index (χ2n) is 34.2. The number of nitrogens with two attached hydrogens (primary N) is 3. The van der Waals surface area contributed by atoms with Crippen molar-refractivity contribution in [3.8, 4) is 64.2 Å². The second kappa shape index (κ2) is 35.1. The molecule has 0 aromatic carbocycles. The van der Waals surface area contributed by atoms with Gasteiger partial charge in [0.2, 0.25) is 52.8 Å². The third-order valence-corrected chi connectivity index (χ3v) is 24.8. The van der Waals surface area contributed by atoms with Crippen LogP contribution in [-0.2, 0) is 14.1 Å². The van der Waals surface area contributed by atoms with Gasteiger partial charge in [0.25, 0.3) is 17.7 Å². The van der Waals surface area contributed by atoms with Gasteiger partial charge >= 0.3 is 24.2 Å². The van der Waals surface area contributed by atoms with Gasteiger partial charge in [0.05, 0.1) is 77.5 Å². The molecule has 3 aliphatic heterocycles. The number of piperidine rings is 3. The minimum atomic E-state index is -4.66. The highest BCUT2D eigenvalue weighted by Crippen LogP contribution is 2.95. The molecule has 7 N–H and O–H groups in total. The molecule has 3 unspecified atom stereocenters. The number of carbonyl (C=O) groups is 4. The van der Waals surface area contributed by atoms with Crippen LogP contribution in [0.15, 0.2) is 61.7 Å². The molecule has 0 bridgehead atoms. The molecule has 6 aliphatic carbocycles. The summed E-state index contributed by atoms with van der Waals surface area (Å²) in [6.45, 7) is 6.68. The van der Waals surface area contributed by atoms with E-state index in [0.29, 0.717) is 106 Å². The number of ketones is 2. The number of alkyl halides is 7. The highest BCUT2D eigenvalue weighted by atomic mass is 19.4. The number of aromatic nitrogens is 16. The summed E-state index contributed by atoms with van der Waals surface area (Å²) < 4.78 is 125. The lowest BCUT2D eigenvalue weighted by Crippen LogP contribution is -2.37. The fourth-order valence-corrected chi connectivity index (χ4v) is 16.0. The summed E-state index contributed by atoms with van der Waals surface area (Å²) in [4.78, 5) is 116. The van der Waals surface area contributed by atoms with Crippen molar-refractivity contribution < 1.29 is 73.6 Å². The van der Waals surface area contributed by atoms with E-state index in [2.05, 4.69) is 86.8 Å². The average molecular weight is 1720 g/mol. The number of nitriles is 2. The molecule has 11 heterocycles. The first kappa shape index (κ1) is 88.0. The van der Waals surface area contributed by atoms with E-state index in [0.717, 1.165) is 98.4 Å². The second-order valence-corrected chi connectivity index (χ2v) is 34.2. The van der Waals surface area contributed by atoms with E-state index < -0.39 is 89.7 Å². The number of anilines is 5. The monoisotopic (exact) mass is 1720 g/mol. The number of nitrogens with one attached hydrogen (secondary N) is 1. The van der Waals surface area contributed by atoms with Crippen molar-refractivity contribution in [3.63, 3.8) is 0 Å². The van der Waals surface area contributed by atoms with Crippen molar-refractivity contribution in [3.05, 3.63) is 96.3 Å². The van der Waals surface area contributed by atoms with Gasteiger partial charge in [0.1, 0.15) is 32.1 Å². The molecule has 5 atom stereocenters. The van der Waals surface area contributed by atoms with E-state index in [9.17, 15) is 60.4 Å². The number of primary amides is 1. The molecular formula is C83H98F7N25O9. The Balaban J connectivity index is 0.000000151. The third kappa shape index (κ3) is 20.6. The smallest absolute Gasteiger partial charge is 0.405 e. The van der Waals surface area contributed by atoms with Crippen LogP contribution in [0.25, 0.3) is 22.5 Å². The van der Waals surface area contributed by atoms with Crippen molar-refractivity contribution in [2.45, 2.75) is 155 Å². The molecule has 6 saturated carbocycles. The molecule has 1 spiro atoms. The average Bonchev–Trinajstić information content (AvgIpc) is 1.43. The standard InChI is InChI=1S/C32H36N8O3.C29H35F2N9O3.C21H23F5N8O3.CH4/c1-20-26(9-22(13-34-20)24-14-39(2)19-35-24)42-15-21-3-7-40(8-4-21)28-36-27(25(41)12-31-10-23-11-32(23,31)16-31)37-29(38-28)43-18-30(17-33)5-6-30;1-18(28(2,30)31)10-22(41)25-36-26(38-27(37-25)43-16-29(15-32)6-7-29)40-8-4-19(5-9-40)14-42-23-11-20(12-34-24(23)33)21-13-39(3)17-35-21;22-20(23)7-11(20)8-37-19-32-16(17(36)29-9-21(24,25)26)31-18(33-19)34-5-3-10(4-6-34)13-2-1-12(27)14(30-13)15(28)35;/h9,13-14,19,21,23H,3-8,10-12,15-16,18H2,1-2H3;11-13,17-19H,4-10,14,16H2,1-3H3,(H2,33,34);1-2,10-11H,3-9,27H2,(H2,28,35)(H,29,36);1H4/t;18-;11-;/m.11./s1. The molecule has 41 heteroatoms. The number of rotatable bonds is 31. The van der Waals surface area contributed by atoms with Gasteiger partial charge in [-0.05, 0) is 150 Å². The quantitative estimate of drug-likeness (QED) is 0.0232. The van der Waals surface area contributed by atoms with Crippen LogP contribution in [0.3, 0.4) is 0 Å². The van der Waals surface area contributed by atoms with Gasteiger partial charge in [-0.3, -0.25) is 24.2 Å². The van der Waals surface area contributed by atoms with Crippen LogP contribution in [0.4, 0.5) is 60.1 Å². The van der Waals surface area contributed by atoms with Crippen LogP contribution in [0.2, 0.25) is 0 Å². The van der Waals surface area contributed by atoms with Gasteiger partial charge in [-0.2, -0.15) is 68.6 Å². The summed E-state index contributed by atoms with van der Waals surface area (Å²) >= 11 is 0. The lowest BCUT2D eigenvalue weighted by atomic mass is 9.81. The van der Waals surface area contributed by atoms with Gasteiger partial charge < -0.3 is 70.0 Å². The molecule has 17 rings (SSSR count). The molecule has 9 fully saturated rings. The van der Waals surface area contributed by atoms with Crippen LogP contribution in [-0.4, -0.2) is 199 Å². The maximum absolute atomic E-state index is 13.8. The number of amides is 2. The number of aryl methyl sites for hydroxylation is 3. The number of Topliss-reactive ketones (excluding diaryl/α,β-unsaturated/α-hetero) is 2. The van der Waals surface area contributed by atoms with Crippen molar-refractivity contribution in [1.29, 1.82) is 10.5 Å². The Kier molecular flexibility index (Phi) is 24.9. The largest absolute Gasteiger partial charge is 0.491 e. The molecule has 9 aliphatic rings. The molecule has 2 amide bonds. The molecular weight excluding hydrogens is 1620 g/mol. The van der Waals surface area contributed by atoms with Crippen LogP contribution >= 0.6 is 0 Å². The summed E-state index contributed by atoms with van der Waals surface area (Å²) in [5.41, 5.74) is 21.7. The van der Waals surface area contributed by atoms with E-state index in [1.54, 1.807) is 41.2 Å². The van der Waals surface area contributed by atoms with Gasteiger partial charge in [0, 0.05) is 126 Å². The lowest BCUT2D eigenvalue weighted by molar-refractivity contribution is -0.123. The van der Waals surface area contributed by atoms with Gasteiger partial charge in [0.15, 0.2) is 17.3 Å². The molecule has 8 aromatic rings. The zero-order valence-electron chi connectivity index (χ0n) is 68.5. The SMILES string of the molecule is C.C[C@H](CC(=O)c1nc(OCC2(C#N)CC2)nc(N2CCC(COc3cc(-c4cn(C)cn4)cnc3N)CC2)n1)C(C)(F)F.Cc1ncc(-c2cn(C)cn2)cc1OCC1CCN(c2nc(OCC3(C#N)CC3)nc(C(=O)CC34CC5CC53C4)n2)CC1.NC(=O)c1nc(C2CCN(c3nc(OC[C@H]4CC4(F)F)nc(C(=O)NCC(F)(F)F)n3)CC2)ccc1N. The minimum Gasteiger partial charge on any atom is -0.491 e. The molecule has 8 aromatic heterocycles. The van der Waals surface area contributed by atoms with Crippen LogP contribution in [0.5, 0.6) is 29.5 Å². The Labute approximate surface area is 709 Å². The highest BCUT2D eigenvalue weighted by molar-refractivity contribution is 5.96. The summed E-state index contributed by atoms with van der Waals surface area (Å²) in [5, 5.41) is 20.6. The summed E-state index contributed by atoms with van der Waals surface area (Å²) in [6.07, 6.45) is 16.9. The summed E-state index contributed by atoms with van der Waals surface area (Å²) in [6, 6.07) is 11.3. The summed E-state index contributed by atoms with van der Waals surface area (Å²) in [5.74, 6) is -7.79. The number of ether oxygens (including phenoxy) is 5. The predicted molar refractivity (Wildman–Crippen MR) is 433 cm³/mol. The highest BCUT2D eigenvalue weighted by Gasteiger charge is 2.88. The topological polar surface area (TPSA) is 452 Å². The molecule has 3 saturated heterocycles. The van der Waals surface area contributed by atoms with Crippen LogP contribution < -0.4 is 60.9 Å². The van der Waals surface area contributed by atoms with E-state index in [1.807, 2.05) is 65.8 Å². The third-order valence-electron chi connectivity index (χ3n) is 24.8. The minimum absolute atomic E-state index is 0. The zero-order valence-corrected chi connectivity index (χ0v) is 68.5. The Morgan fingerprint density at radius 3 is 1.57 bits per heavy atom. The first-order valence-corrected chi connectivity index (χ1v) is 41.0. The number of carbonyl (C=O) groups excluding carboxylic acids is 4. The Morgan fingerprint density at radius 2 is 1.11 bits per heavy atom. The van der Waals surface area contributed by atoms with Crippen LogP contribution in [0, 0.1) is 80.8 Å². The predicted octanol–water partition coefficient (Wildman–Crippen LogP) is 10.7. The first-order valence-electron chi connectivity index (χ1n) is 41.0. The lowest BCUT2D eigenvalue weighted by Gasteiger charge is -2.32. The number of imidazole rings is 2. The molecule has 0 radical (unpaired) electrons. The molecule has 658 valence electrons. The van der Waals surface area contributed by atoms with Crippen molar-refractivity contribution in [1.82, 2.24) is 84.2 Å². The normalized spacial score (nSPS) is 21.4. The van der Waals surface area contributed by atoms with Crippen molar-refractivity contribution >= 4 is 52.7 Å². The van der Waals surface area contributed by atoms with E-state index in [-0.39, 0.29) is 97.0 Å². The Bertz CT molecular complexity index is 5370. The maximum Gasteiger partial charge on any atom is 0.405 e. The van der Waals surface area contributed by atoms with Crippen LogP contribution in [0.1, 0.15) is 184 Å². The Morgan fingerprint density at radius 1 is 0.621 bits per heavy atom. The number of nitrogens with zero attached hydrogens (tertiary/aromatic N) is 21. The van der Waals surface area contributed by atoms with Crippen molar-refractivity contribution in [2.24, 2.45) is 71.1 Å².